The van der Waals surface area contributed by atoms with Gasteiger partial charge in [-0.05, 0) is 59.3 Å². The number of hydrogen-bond acceptors (Lipinski definition) is 5. The van der Waals surface area contributed by atoms with E-state index < -0.39 is 0 Å². The zero-order chi connectivity index (χ0) is 21.1. The number of hydrogen-bond donors (Lipinski definition) is 2. The standard InChI is InChI=1S/C22H27BrN4O2S/c1-15-9-16(13-28)5-6-19(15)25-21(29)20-10-17(23)11-27(20)12-18-14-30-22(24-18)26-7-3-2-4-8-26/h5-6,10-11,14-15,28H,2-4,7-9,12-13H2,1H3,(H,25,29). The molecule has 1 atom stereocenters. The summed E-state index contributed by atoms with van der Waals surface area (Å²) < 4.78 is 2.81. The first-order valence-corrected chi connectivity index (χ1v) is 12.1. The first kappa shape index (κ1) is 21.3. The zero-order valence-corrected chi connectivity index (χ0v) is 19.5. The van der Waals surface area contributed by atoms with Crippen molar-refractivity contribution in [1.29, 1.82) is 0 Å². The predicted octanol–water partition coefficient (Wildman–Crippen LogP) is 4.32. The molecule has 1 saturated heterocycles. The van der Waals surface area contributed by atoms with Gasteiger partial charge in [0.15, 0.2) is 5.13 Å². The number of anilines is 1. The van der Waals surface area contributed by atoms with Crippen LogP contribution in [0.3, 0.4) is 0 Å². The van der Waals surface area contributed by atoms with Crippen molar-refractivity contribution in [3.63, 3.8) is 0 Å². The molecule has 0 saturated carbocycles. The molecular weight excluding hydrogens is 464 g/mol. The number of carbonyl (C=O) groups excluding carboxylic acids is 1. The topological polar surface area (TPSA) is 70.4 Å². The maximum Gasteiger partial charge on any atom is 0.272 e. The third kappa shape index (κ3) is 4.87. The van der Waals surface area contributed by atoms with Crippen LogP contribution < -0.4 is 10.2 Å². The van der Waals surface area contributed by atoms with E-state index in [1.54, 1.807) is 11.3 Å². The van der Waals surface area contributed by atoms with Gasteiger partial charge in [0.2, 0.25) is 0 Å². The van der Waals surface area contributed by atoms with E-state index in [1.807, 2.05) is 29.0 Å². The summed E-state index contributed by atoms with van der Waals surface area (Å²) in [5.41, 5.74) is 3.43. The first-order valence-electron chi connectivity index (χ1n) is 10.4. The molecular formula is C22H27BrN4O2S. The highest BCUT2D eigenvalue weighted by atomic mass is 79.9. The average Bonchev–Trinajstić information content (AvgIpc) is 3.37. The van der Waals surface area contributed by atoms with E-state index in [9.17, 15) is 9.90 Å². The van der Waals surface area contributed by atoms with Gasteiger partial charge >= 0.3 is 0 Å². The van der Waals surface area contributed by atoms with E-state index in [2.05, 4.69) is 38.5 Å². The van der Waals surface area contributed by atoms with Crippen LogP contribution in [-0.2, 0) is 6.54 Å². The quantitative estimate of drug-likeness (QED) is 0.632. The minimum Gasteiger partial charge on any atom is -0.392 e. The summed E-state index contributed by atoms with van der Waals surface area (Å²) in [4.78, 5) is 20.2. The fraction of sp³-hybridized carbons (Fsp3) is 0.455. The van der Waals surface area contributed by atoms with Crippen LogP contribution in [0.25, 0.3) is 0 Å². The van der Waals surface area contributed by atoms with Crippen LogP contribution in [0.4, 0.5) is 5.13 Å². The second-order valence-electron chi connectivity index (χ2n) is 8.00. The van der Waals surface area contributed by atoms with Crippen molar-refractivity contribution in [3.8, 4) is 0 Å². The van der Waals surface area contributed by atoms with Gasteiger partial charge in [0.25, 0.3) is 5.91 Å². The second-order valence-corrected chi connectivity index (χ2v) is 9.76. The third-order valence-corrected chi connectivity index (χ3v) is 7.04. The highest BCUT2D eigenvalue weighted by Crippen LogP contribution is 2.26. The molecule has 8 heteroatoms. The second kappa shape index (κ2) is 9.49. The third-order valence-electron chi connectivity index (χ3n) is 5.65. The maximum atomic E-state index is 13.0. The molecule has 160 valence electrons. The molecule has 6 nitrogen and oxygen atoms in total. The number of amides is 1. The molecule has 1 amide bonds. The van der Waals surface area contributed by atoms with Gasteiger partial charge in [-0.25, -0.2) is 4.98 Å². The lowest BCUT2D eigenvalue weighted by molar-refractivity contribution is 0.0953. The SMILES string of the molecule is CC1CC(CO)=CC=C1NC(=O)c1cc(Br)cn1Cc1csc(N2CCCCC2)n1. The molecule has 1 aliphatic carbocycles. The molecule has 1 aliphatic heterocycles. The summed E-state index contributed by atoms with van der Waals surface area (Å²) in [6.07, 6.45) is 10.2. The number of aromatic nitrogens is 2. The lowest BCUT2D eigenvalue weighted by Gasteiger charge is -2.25. The Kier molecular flexibility index (Phi) is 6.75. The molecule has 1 fully saturated rings. The van der Waals surface area contributed by atoms with Crippen LogP contribution in [0.15, 0.2) is 45.5 Å². The minimum atomic E-state index is -0.133. The lowest BCUT2D eigenvalue weighted by Crippen LogP contribution is -2.29. The average molecular weight is 491 g/mol. The van der Waals surface area contributed by atoms with Gasteiger partial charge in [-0.1, -0.05) is 13.0 Å². The molecule has 2 aromatic heterocycles. The Morgan fingerprint density at radius 1 is 1.33 bits per heavy atom. The van der Waals surface area contributed by atoms with Crippen molar-refractivity contribution in [3.05, 3.63) is 56.9 Å². The fourth-order valence-corrected chi connectivity index (χ4v) is 5.32. The van der Waals surface area contributed by atoms with Crippen LogP contribution >= 0.6 is 27.3 Å². The molecule has 0 radical (unpaired) electrons. The molecule has 2 N–H and O–H groups in total. The largest absolute Gasteiger partial charge is 0.392 e. The Morgan fingerprint density at radius 3 is 2.87 bits per heavy atom. The monoisotopic (exact) mass is 490 g/mol. The van der Waals surface area contributed by atoms with Gasteiger partial charge < -0.3 is 19.9 Å². The summed E-state index contributed by atoms with van der Waals surface area (Å²) >= 11 is 5.19. The molecule has 0 spiro atoms. The molecule has 30 heavy (non-hydrogen) atoms. The van der Waals surface area contributed by atoms with Crippen LogP contribution in [-0.4, -0.2) is 40.3 Å². The van der Waals surface area contributed by atoms with Gasteiger partial charge in [0, 0.05) is 40.8 Å². The minimum absolute atomic E-state index is 0.0604. The number of aliphatic hydroxyl groups excluding tert-OH is 1. The number of piperidine rings is 1. The van der Waals surface area contributed by atoms with Gasteiger partial charge in [-0.15, -0.1) is 11.3 Å². The van der Waals surface area contributed by atoms with Crippen LogP contribution in [0.1, 0.15) is 48.8 Å². The van der Waals surface area contributed by atoms with Crippen molar-refractivity contribution < 1.29 is 9.90 Å². The maximum absolute atomic E-state index is 13.0. The molecule has 1 unspecified atom stereocenters. The highest BCUT2D eigenvalue weighted by Gasteiger charge is 2.21. The lowest BCUT2D eigenvalue weighted by atomic mass is 9.93. The number of thiazole rings is 1. The number of halogens is 1. The molecule has 0 aromatic carbocycles. The van der Waals surface area contributed by atoms with Gasteiger partial charge in [0.1, 0.15) is 5.69 Å². The number of nitrogens with one attached hydrogen (secondary N) is 1. The van der Waals surface area contributed by atoms with Crippen molar-refractivity contribution in [2.24, 2.45) is 5.92 Å². The van der Waals surface area contributed by atoms with Gasteiger partial charge in [-0.2, -0.15) is 0 Å². The molecule has 3 heterocycles. The van der Waals surface area contributed by atoms with Crippen molar-refractivity contribution >= 4 is 38.3 Å². The van der Waals surface area contributed by atoms with E-state index in [0.29, 0.717) is 12.2 Å². The van der Waals surface area contributed by atoms with Crippen LogP contribution in [0, 0.1) is 5.92 Å². The van der Waals surface area contributed by atoms with Crippen molar-refractivity contribution in [2.45, 2.75) is 39.2 Å². The van der Waals surface area contributed by atoms with Crippen molar-refractivity contribution in [2.75, 3.05) is 24.6 Å². The Balaban J connectivity index is 1.47. The van der Waals surface area contributed by atoms with E-state index >= 15 is 0 Å². The Hall–Kier alpha value is -1.90. The van der Waals surface area contributed by atoms with Crippen molar-refractivity contribution in [1.82, 2.24) is 14.9 Å². The molecule has 4 rings (SSSR count). The van der Waals surface area contributed by atoms with Gasteiger partial charge in [0.05, 0.1) is 18.8 Å². The summed E-state index contributed by atoms with van der Waals surface area (Å²) in [6, 6.07) is 1.84. The number of rotatable bonds is 6. The Bertz CT molecular complexity index is 972. The Labute approximate surface area is 189 Å². The van der Waals surface area contributed by atoms with E-state index in [-0.39, 0.29) is 18.4 Å². The smallest absolute Gasteiger partial charge is 0.272 e. The summed E-state index contributed by atoms with van der Waals surface area (Å²) in [5, 5.41) is 15.5. The number of carbonyl (C=O) groups is 1. The summed E-state index contributed by atoms with van der Waals surface area (Å²) in [6.45, 7) is 4.83. The molecule has 0 bridgehead atoms. The van der Waals surface area contributed by atoms with E-state index in [1.165, 1.54) is 19.3 Å². The van der Waals surface area contributed by atoms with E-state index in [4.69, 9.17) is 4.98 Å². The Morgan fingerprint density at radius 2 is 2.13 bits per heavy atom. The summed E-state index contributed by atoms with van der Waals surface area (Å²) in [5.74, 6) is 0.0322. The summed E-state index contributed by atoms with van der Waals surface area (Å²) in [7, 11) is 0. The van der Waals surface area contributed by atoms with Crippen LogP contribution in [0.2, 0.25) is 0 Å². The molecule has 2 aliphatic rings. The number of aliphatic hydroxyl groups is 1. The van der Waals surface area contributed by atoms with Gasteiger partial charge in [-0.3, -0.25) is 4.79 Å². The normalized spacial score (nSPS) is 19.4. The first-order chi connectivity index (χ1) is 14.5. The highest BCUT2D eigenvalue weighted by molar-refractivity contribution is 9.10. The number of allylic oxidation sites excluding steroid dienone is 3. The zero-order valence-electron chi connectivity index (χ0n) is 17.1. The molecule has 2 aromatic rings. The van der Waals surface area contributed by atoms with Crippen LogP contribution in [0.5, 0.6) is 0 Å². The number of nitrogens with zero attached hydrogens (tertiary/aromatic N) is 3. The predicted molar refractivity (Wildman–Crippen MR) is 124 cm³/mol. The fourth-order valence-electron chi connectivity index (χ4n) is 3.99. The van der Waals surface area contributed by atoms with E-state index in [0.717, 1.165) is 46.1 Å².